The molecule has 0 unspecified atom stereocenters. The minimum Gasteiger partial charge on any atom is -0.395 e. The number of aliphatic hydroxyl groups excluding tert-OH is 1. The second-order valence-electron chi connectivity index (χ2n) is 5.11. The number of amides is 1. The van der Waals surface area contributed by atoms with Gasteiger partial charge in [0.05, 0.1) is 12.4 Å². The summed E-state index contributed by atoms with van der Waals surface area (Å²) in [6.07, 6.45) is 4.16. The quantitative estimate of drug-likeness (QED) is 0.821. The fourth-order valence-electron chi connectivity index (χ4n) is 2.63. The van der Waals surface area contributed by atoms with Gasteiger partial charge in [0.15, 0.2) is 11.6 Å². The van der Waals surface area contributed by atoms with Crippen molar-refractivity contribution in [2.75, 3.05) is 18.9 Å². The van der Waals surface area contributed by atoms with E-state index in [0.717, 1.165) is 37.8 Å². The van der Waals surface area contributed by atoms with E-state index in [1.807, 2.05) is 0 Å². The Bertz CT molecular complexity index is 493. The van der Waals surface area contributed by atoms with Gasteiger partial charge in [-0.05, 0) is 31.0 Å². The van der Waals surface area contributed by atoms with E-state index < -0.39 is 11.6 Å². The summed E-state index contributed by atoms with van der Waals surface area (Å²) in [6, 6.07) is 3.82. The molecule has 0 saturated heterocycles. The van der Waals surface area contributed by atoms with Gasteiger partial charge in [0.1, 0.15) is 0 Å². The third kappa shape index (κ3) is 4.41. The maximum atomic E-state index is 13.1. The molecule has 0 radical (unpaired) electrons. The maximum Gasteiger partial charge on any atom is 0.233 e. The van der Waals surface area contributed by atoms with Gasteiger partial charge in [0.2, 0.25) is 5.91 Å². The fourth-order valence-corrected chi connectivity index (χ4v) is 3.44. The van der Waals surface area contributed by atoms with Crippen molar-refractivity contribution in [1.82, 2.24) is 4.90 Å². The monoisotopic (exact) mass is 315 g/mol. The summed E-state index contributed by atoms with van der Waals surface area (Å²) >= 11 is 1.18. The molecule has 21 heavy (non-hydrogen) atoms. The highest BCUT2D eigenvalue weighted by Crippen LogP contribution is 2.25. The predicted molar refractivity (Wildman–Crippen MR) is 78.1 cm³/mol. The summed E-state index contributed by atoms with van der Waals surface area (Å²) in [4.78, 5) is 14.5. The number of nitrogens with zero attached hydrogens (tertiary/aromatic N) is 1. The van der Waals surface area contributed by atoms with Crippen molar-refractivity contribution in [3.05, 3.63) is 29.8 Å². The Kier molecular flexibility index (Phi) is 5.99. The van der Waals surface area contributed by atoms with Gasteiger partial charge in [-0.25, -0.2) is 8.78 Å². The molecule has 1 fully saturated rings. The number of hydrogen-bond acceptors (Lipinski definition) is 3. The van der Waals surface area contributed by atoms with Crippen LogP contribution in [-0.4, -0.2) is 40.9 Å². The van der Waals surface area contributed by atoms with Crippen molar-refractivity contribution < 1.29 is 18.7 Å². The van der Waals surface area contributed by atoms with Crippen LogP contribution in [0.25, 0.3) is 0 Å². The highest BCUT2D eigenvalue weighted by molar-refractivity contribution is 8.00. The molecule has 0 aliphatic heterocycles. The van der Waals surface area contributed by atoms with E-state index >= 15 is 0 Å². The summed E-state index contributed by atoms with van der Waals surface area (Å²) in [5, 5.41) is 9.11. The van der Waals surface area contributed by atoms with Gasteiger partial charge < -0.3 is 10.0 Å². The molecular formula is C15H19F2NO2S. The summed E-state index contributed by atoms with van der Waals surface area (Å²) in [7, 11) is 0. The number of halogens is 2. The van der Waals surface area contributed by atoms with E-state index in [-0.39, 0.29) is 24.3 Å². The molecule has 1 aromatic rings. The van der Waals surface area contributed by atoms with Gasteiger partial charge in [-0.3, -0.25) is 4.79 Å². The third-order valence-electron chi connectivity index (χ3n) is 3.68. The smallest absolute Gasteiger partial charge is 0.233 e. The van der Waals surface area contributed by atoms with E-state index in [1.165, 1.54) is 17.8 Å². The summed E-state index contributed by atoms with van der Waals surface area (Å²) in [5.41, 5.74) is 0. The Hall–Kier alpha value is -1.14. The predicted octanol–water partition coefficient (Wildman–Crippen LogP) is 2.82. The van der Waals surface area contributed by atoms with E-state index in [9.17, 15) is 13.6 Å². The van der Waals surface area contributed by atoms with E-state index in [2.05, 4.69) is 0 Å². The van der Waals surface area contributed by atoms with Gasteiger partial charge in [-0.2, -0.15) is 0 Å². The molecule has 0 bridgehead atoms. The molecule has 0 spiro atoms. The van der Waals surface area contributed by atoms with E-state index in [1.54, 1.807) is 4.90 Å². The Morgan fingerprint density at radius 1 is 1.29 bits per heavy atom. The normalized spacial score (nSPS) is 15.4. The first-order valence-electron chi connectivity index (χ1n) is 7.10. The lowest BCUT2D eigenvalue weighted by Crippen LogP contribution is -2.41. The highest BCUT2D eigenvalue weighted by atomic mass is 32.2. The van der Waals surface area contributed by atoms with Crippen LogP contribution in [0, 0.1) is 11.6 Å². The number of thioether (sulfide) groups is 1. The lowest BCUT2D eigenvalue weighted by Gasteiger charge is -2.28. The number of hydrogen-bond donors (Lipinski definition) is 1. The Balaban J connectivity index is 1.93. The van der Waals surface area contributed by atoms with Crippen molar-refractivity contribution in [1.29, 1.82) is 0 Å². The van der Waals surface area contributed by atoms with Gasteiger partial charge in [-0.1, -0.05) is 12.8 Å². The minimum absolute atomic E-state index is 0.0575. The molecule has 116 valence electrons. The average Bonchev–Trinajstić information content (AvgIpc) is 2.99. The van der Waals surface area contributed by atoms with Crippen molar-refractivity contribution in [3.8, 4) is 0 Å². The number of carbonyl (C=O) groups is 1. The topological polar surface area (TPSA) is 40.5 Å². The Labute approximate surface area is 127 Å². The van der Waals surface area contributed by atoms with E-state index in [4.69, 9.17) is 5.11 Å². The summed E-state index contributed by atoms with van der Waals surface area (Å²) < 4.78 is 26.0. The van der Waals surface area contributed by atoms with Gasteiger partial charge in [0.25, 0.3) is 0 Å². The van der Waals surface area contributed by atoms with Gasteiger partial charge >= 0.3 is 0 Å². The van der Waals surface area contributed by atoms with Gasteiger partial charge in [-0.15, -0.1) is 11.8 Å². The standard InChI is InChI=1S/C15H19F2NO2S/c16-13-6-5-12(9-14(13)17)21-10-15(20)18(7-8-19)11-3-1-2-4-11/h5-6,9,11,19H,1-4,7-8,10H2. The van der Waals surface area contributed by atoms with Crippen LogP contribution in [0.1, 0.15) is 25.7 Å². The first-order chi connectivity index (χ1) is 10.1. The molecule has 6 heteroatoms. The summed E-state index contributed by atoms with van der Waals surface area (Å²) in [5.74, 6) is -1.69. The first-order valence-corrected chi connectivity index (χ1v) is 8.08. The molecule has 0 atom stereocenters. The van der Waals surface area contributed by atoms with Crippen LogP contribution >= 0.6 is 11.8 Å². The minimum atomic E-state index is -0.907. The summed E-state index contributed by atoms with van der Waals surface area (Å²) in [6.45, 7) is 0.278. The molecule has 2 rings (SSSR count). The largest absolute Gasteiger partial charge is 0.395 e. The molecule has 1 aromatic carbocycles. The highest BCUT2D eigenvalue weighted by Gasteiger charge is 2.26. The lowest BCUT2D eigenvalue weighted by atomic mass is 10.2. The zero-order valence-electron chi connectivity index (χ0n) is 11.7. The Morgan fingerprint density at radius 3 is 2.62 bits per heavy atom. The average molecular weight is 315 g/mol. The van der Waals surface area contributed by atoms with Crippen molar-refractivity contribution in [2.24, 2.45) is 0 Å². The van der Waals surface area contributed by atoms with Gasteiger partial charge in [0, 0.05) is 17.5 Å². The lowest BCUT2D eigenvalue weighted by molar-refractivity contribution is -0.131. The van der Waals surface area contributed by atoms with Crippen molar-refractivity contribution in [3.63, 3.8) is 0 Å². The van der Waals surface area contributed by atoms with Crippen LogP contribution in [0.4, 0.5) is 8.78 Å². The third-order valence-corrected chi connectivity index (χ3v) is 4.66. The van der Waals surface area contributed by atoms with Crippen LogP contribution in [0.5, 0.6) is 0 Å². The number of carbonyl (C=O) groups excluding carboxylic acids is 1. The number of rotatable bonds is 6. The van der Waals surface area contributed by atoms with Crippen LogP contribution in [0.3, 0.4) is 0 Å². The van der Waals surface area contributed by atoms with E-state index in [0.29, 0.717) is 11.4 Å². The zero-order chi connectivity index (χ0) is 15.2. The molecule has 1 aliphatic carbocycles. The van der Waals surface area contributed by atoms with Crippen LogP contribution in [0.2, 0.25) is 0 Å². The molecule has 1 N–H and O–H groups in total. The molecule has 0 heterocycles. The van der Waals surface area contributed by atoms with Crippen molar-refractivity contribution in [2.45, 2.75) is 36.6 Å². The van der Waals surface area contributed by atoms with Crippen LogP contribution in [0.15, 0.2) is 23.1 Å². The number of benzene rings is 1. The maximum absolute atomic E-state index is 13.1. The fraction of sp³-hybridized carbons (Fsp3) is 0.533. The zero-order valence-corrected chi connectivity index (χ0v) is 12.5. The first kappa shape index (κ1) is 16.2. The molecule has 0 aromatic heterocycles. The van der Waals surface area contributed by atoms with Crippen LogP contribution < -0.4 is 0 Å². The molecular weight excluding hydrogens is 296 g/mol. The Morgan fingerprint density at radius 2 is 2.00 bits per heavy atom. The molecule has 1 aliphatic rings. The molecule has 3 nitrogen and oxygen atoms in total. The van der Waals surface area contributed by atoms with Crippen LogP contribution in [-0.2, 0) is 4.79 Å². The van der Waals surface area contributed by atoms with Crippen molar-refractivity contribution >= 4 is 17.7 Å². The SMILES string of the molecule is O=C(CSc1ccc(F)c(F)c1)N(CCO)C1CCCC1. The second-order valence-corrected chi connectivity index (χ2v) is 6.16. The molecule has 1 amide bonds. The molecule has 1 saturated carbocycles. The number of aliphatic hydroxyl groups is 1. The second kappa shape index (κ2) is 7.75.